The zero-order valence-electron chi connectivity index (χ0n) is 23.1. The van der Waals surface area contributed by atoms with E-state index in [4.69, 9.17) is 14.9 Å². The van der Waals surface area contributed by atoms with E-state index in [-0.39, 0.29) is 29.4 Å². The Hall–Kier alpha value is -3.55. The summed E-state index contributed by atoms with van der Waals surface area (Å²) in [6.45, 7) is 2.91. The number of fused-ring (bicyclic) bond motifs is 1. The van der Waals surface area contributed by atoms with Gasteiger partial charge in [0.2, 0.25) is 0 Å². The molecule has 1 aliphatic rings. The van der Waals surface area contributed by atoms with Crippen molar-refractivity contribution in [3.63, 3.8) is 0 Å². The number of aryl methyl sites for hydroxylation is 1. The molecule has 11 nitrogen and oxygen atoms in total. The fraction of sp³-hybridized carbons (Fsp3) is 0.464. The van der Waals surface area contributed by atoms with E-state index in [0.29, 0.717) is 25.8 Å². The van der Waals surface area contributed by atoms with Crippen LogP contribution in [0.25, 0.3) is 22.2 Å². The topological polar surface area (TPSA) is 144 Å². The number of halogens is 1. The first-order valence-corrected chi connectivity index (χ1v) is 15.7. The number of rotatable bonds is 11. The van der Waals surface area contributed by atoms with Crippen molar-refractivity contribution in [1.29, 1.82) is 0 Å². The molecule has 0 aliphatic heterocycles. The van der Waals surface area contributed by atoms with Crippen LogP contribution in [0.4, 0.5) is 10.2 Å². The highest BCUT2D eigenvalue weighted by atomic mass is 32.2. The monoisotopic (exact) mass is 586 g/mol. The van der Waals surface area contributed by atoms with Crippen LogP contribution < -0.4 is 10.1 Å². The Kier molecular flexibility index (Phi) is 8.57. The molecule has 1 fully saturated rings. The highest BCUT2D eigenvalue weighted by Crippen LogP contribution is 2.37. The van der Waals surface area contributed by atoms with Crippen LogP contribution >= 0.6 is 0 Å². The molecule has 3 aromatic heterocycles. The lowest BCUT2D eigenvalue weighted by Gasteiger charge is -2.29. The molecule has 0 bridgehead atoms. The second-order valence-corrected chi connectivity index (χ2v) is 12.5. The third-order valence-electron chi connectivity index (χ3n) is 7.37. The predicted octanol–water partition coefficient (Wildman–Crippen LogP) is 3.58. The highest BCUT2D eigenvalue weighted by Gasteiger charge is 2.28. The number of aromatic nitrogens is 5. The van der Waals surface area contributed by atoms with E-state index in [1.165, 1.54) is 12.1 Å². The number of hydrogen-bond donors (Lipinski definition) is 3. The smallest absolute Gasteiger partial charge is 0.175 e. The largest absolute Gasteiger partial charge is 0.487 e. The Morgan fingerprint density at radius 2 is 1.98 bits per heavy atom. The molecule has 4 aromatic rings. The first kappa shape index (κ1) is 29.0. The Balaban J connectivity index is 1.35. The second kappa shape index (κ2) is 12.1. The van der Waals surface area contributed by atoms with Crippen LogP contribution in [0.5, 0.6) is 5.75 Å². The van der Waals surface area contributed by atoms with E-state index >= 15 is 0 Å². The quantitative estimate of drug-likeness (QED) is 0.240. The Morgan fingerprint density at radius 3 is 2.66 bits per heavy atom. The van der Waals surface area contributed by atoms with Crippen LogP contribution in [0.3, 0.4) is 0 Å². The molecule has 0 spiro atoms. The van der Waals surface area contributed by atoms with Crippen LogP contribution in [0.15, 0.2) is 47.8 Å². The summed E-state index contributed by atoms with van der Waals surface area (Å²) in [7, 11) is -3.50. The molecule has 13 heteroatoms. The Bertz CT molecular complexity index is 1610. The maximum Gasteiger partial charge on any atom is 0.175 e. The molecule has 3 N–H and O–H groups in total. The van der Waals surface area contributed by atoms with Gasteiger partial charge in [-0.25, -0.2) is 17.8 Å². The van der Waals surface area contributed by atoms with Gasteiger partial charge in [-0.05, 0) is 57.2 Å². The lowest BCUT2D eigenvalue weighted by Crippen LogP contribution is -2.26. The summed E-state index contributed by atoms with van der Waals surface area (Å²) < 4.78 is 47.7. The van der Waals surface area contributed by atoms with Gasteiger partial charge in [-0.1, -0.05) is 0 Å². The number of pyridine rings is 1. The van der Waals surface area contributed by atoms with E-state index in [2.05, 4.69) is 15.4 Å². The Morgan fingerprint density at radius 1 is 1.20 bits per heavy atom. The summed E-state index contributed by atoms with van der Waals surface area (Å²) >= 11 is 0. The van der Waals surface area contributed by atoms with E-state index < -0.39 is 21.8 Å². The SMILES string of the molecule is CCNc1cc2c(cn1)c(-c1cnn(CC[C@@H](O)CO)c1)nn2C1CCC(Oc2ccc(S(C)(=O)=O)cc2F)CC1. The summed E-state index contributed by atoms with van der Waals surface area (Å²) in [5.74, 6) is 0.122. The van der Waals surface area contributed by atoms with Crippen molar-refractivity contribution in [2.24, 2.45) is 0 Å². The molecule has 1 saturated carbocycles. The van der Waals surface area contributed by atoms with Gasteiger partial charge in [0.25, 0.3) is 0 Å². The van der Waals surface area contributed by atoms with E-state index in [0.717, 1.165) is 59.7 Å². The van der Waals surface area contributed by atoms with Gasteiger partial charge in [-0.3, -0.25) is 9.36 Å². The first-order chi connectivity index (χ1) is 19.7. The minimum Gasteiger partial charge on any atom is -0.487 e. The zero-order valence-corrected chi connectivity index (χ0v) is 23.9. The Labute approximate surface area is 237 Å². The predicted molar refractivity (Wildman–Crippen MR) is 152 cm³/mol. The maximum atomic E-state index is 14.6. The number of hydrogen-bond acceptors (Lipinski definition) is 9. The first-order valence-electron chi connectivity index (χ1n) is 13.8. The zero-order chi connectivity index (χ0) is 29.1. The summed E-state index contributed by atoms with van der Waals surface area (Å²) in [6, 6.07) is 5.84. The minimum atomic E-state index is -3.50. The van der Waals surface area contributed by atoms with Gasteiger partial charge in [0.05, 0.1) is 41.5 Å². The van der Waals surface area contributed by atoms with E-state index in [1.807, 2.05) is 30.1 Å². The molecule has 41 heavy (non-hydrogen) atoms. The summed E-state index contributed by atoms with van der Waals surface area (Å²) in [6.07, 6.45) is 8.78. The summed E-state index contributed by atoms with van der Waals surface area (Å²) in [4.78, 5) is 4.48. The molecule has 1 atom stereocenters. The number of anilines is 1. The summed E-state index contributed by atoms with van der Waals surface area (Å²) in [5, 5.41) is 32.4. The fourth-order valence-corrected chi connectivity index (χ4v) is 5.81. The fourth-order valence-electron chi connectivity index (χ4n) is 5.18. The third kappa shape index (κ3) is 6.52. The number of nitrogens with one attached hydrogen (secondary N) is 1. The molecule has 0 radical (unpaired) electrons. The van der Waals surface area contributed by atoms with E-state index in [1.54, 1.807) is 10.9 Å². The molecule has 5 rings (SSSR count). The number of ether oxygens (including phenoxy) is 1. The van der Waals surface area contributed by atoms with Crippen molar-refractivity contribution < 1.29 is 27.8 Å². The average molecular weight is 587 g/mol. The molecule has 0 saturated heterocycles. The lowest BCUT2D eigenvalue weighted by atomic mass is 9.93. The van der Waals surface area contributed by atoms with Crippen molar-refractivity contribution in [2.45, 2.75) is 68.7 Å². The number of nitrogens with zero attached hydrogens (tertiary/aromatic N) is 5. The van der Waals surface area contributed by atoms with Gasteiger partial charge >= 0.3 is 0 Å². The average Bonchev–Trinajstić information content (AvgIpc) is 3.57. The van der Waals surface area contributed by atoms with Crippen LogP contribution in [-0.2, 0) is 16.4 Å². The molecule has 0 amide bonds. The molecular weight excluding hydrogens is 551 g/mol. The van der Waals surface area contributed by atoms with Crippen molar-refractivity contribution >= 4 is 26.6 Å². The third-order valence-corrected chi connectivity index (χ3v) is 8.48. The molecule has 1 aliphatic carbocycles. The number of sulfone groups is 1. The molecule has 1 aromatic carbocycles. The van der Waals surface area contributed by atoms with Crippen LogP contribution in [0.1, 0.15) is 45.1 Å². The van der Waals surface area contributed by atoms with Gasteiger partial charge < -0.3 is 20.3 Å². The number of aliphatic hydroxyl groups is 2. The number of aliphatic hydroxyl groups excluding tert-OH is 2. The molecule has 0 unspecified atom stereocenters. The summed E-state index contributed by atoms with van der Waals surface area (Å²) in [5.41, 5.74) is 2.53. The van der Waals surface area contributed by atoms with Crippen LogP contribution in [-0.4, -0.2) is 74.8 Å². The second-order valence-electron chi connectivity index (χ2n) is 10.4. The normalized spacial score (nSPS) is 18.5. The minimum absolute atomic E-state index is 0.0533. The van der Waals surface area contributed by atoms with Gasteiger partial charge in [-0.2, -0.15) is 10.2 Å². The number of benzene rings is 1. The molecular formula is C28H35FN6O5S. The van der Waals surface area contributed by atoms with Crippen LogP contribution in [0, 0.1) is 5.82 Å². The lowest BCUT2D eigenvalue weighted by molar-refractivity contribution is 0.0838. The van der Waals surface area contributed by atoms with E-state index in [9.17, 15) is 17.9 Å². The molecule has 220 valence electrons. The molecule has 3 heterocycles. The standard InChI is InChI=1S/C28H35FN6O5S/c1-3-30-27-13-25-23(15-31-27)28(18-14-32-34(16-18)11-10-20(37)17-36)33-35(25)19-4-6-21(7-5-19)40-26-9-8-22(12-24(26)29)41(2,38)39/h8-9,12-16,19-21,36-37H,3-7,10-11,17H2,1-2H3,(H,30,31)/t19?,20-,21?/m1/s1. The van der Waals surface area contributed by atoms with Crippen molar-refractivity contribution in [1.82, 2.24) is 24.5 Å². The highest BCUT2D eigenvalue weighted by molar-refractivity contribution is 7.90. The van der Waals surface area contributed by atoms with Gasteiger partial charge in [0, 0.05) is 48.8 Å². The van der Waals surface area contributed by atoms with Gasteiger partial charge in [-0.15, -0.1) is 0 Å². The maximum absolute atomic E-state index is 14.6. The van der Waals surface area contributed by atoms with Crippen molar-refractivity contribution in [3.8, 4) is 17.0 Å². The van der Waals surface area contributed by atoms with Crippen LogP contribution in [0.2, 0.25) is 0 Å². The van der Waals surface area contributed by atoms with Crippen molar-refractivity contribution in [3.05, 3.63) is 48.7 Å². The van der Waals surface area contributed by atoms with Gasteiger partial charge in [0.15, 0.2) is 21.4 Å². The van der Waals surface area contributed by atoms with Gasteiger partial charge in [0.1, 0.15) is 11.5 Å². The van der Waals surface area contributed by atoms with Crippen molar-refractivity contribution in [2.75, 3.05) is 24.7 Å².